The second-order valence-electron chi connectivity index (χ2n) is 5.14. The van der Waals surface area contributed by atoms with Gasteiger partial charge in [-0.2, -0.15) is 13.2 Å². The van der Waals surface area contributed by atoms with Crippen molar-refractivity contribution in [2.45, 2.75) is 44.0 Å². The van der Waals surface area contributed by atoms with Crippen molar-refractivity contribution in [3.8, 4) is 0 Å². The fourth-order valence-corrected chi connectivity index (χ4v) is 2.39. The molecule has 1 aliphatic carbocycles. The number of rotatable bonds is 2. The molecule has 2 unspecified atom stereocenters. The van der Waals surface area contributed by atoms with Crippen LogP contribution in [-0.2, 0) is 6.18 Å². The van der Waals surface area contributed by atoms with Crippen LogP contribution in [0.5, 0.6) is 0 Å². The molecule has 2 rings (SSSR count). The highest BCUT2D eigenvalue weighted by Gasteiger charge is 2.30. The molecule has 1 aromatic rings. The molecule has 7 heteroatoms. The van der Waals surface area contributed by atoms with Crippen molar-refractivity contribution in [1.29, 1.82) is 0 Å². The van der Waals surface area contributed by atoms with E-state index in [0.29, 0.717) is 12.8 Å². The first kappa shape index (κ1) is 15.6. The number of hydrogen-bond donors (Lipinski definition) is 3. The third-order valence-electron chi connectivity index (χ3n) is 3.49. The van der Waals surface area contributed by atoms with Crippen LogP contribution in [-0.4, -0.2) is 23.3 Å². The molecule has 0 aromatic heterocycles. The monoisotopic (exact) mass is 302 g/mol. The van der Waals surface area contributed by atoms with Gasteiger partial charge in [0, 0.05) is 5.69 Å². The van der Waals surface area contributed by atoms with Gasteiger partial charge < -0.3 is 15.7 Å². The van der Waals surface area contributed by atoms with Gasteiger partial charge in [-0.1, -0.05) is 18.9 Å². The van der Waals surface area contributed by atoms with Crippen LogP contribution < -0.4 is 10.6 Å². The third-order valence-corrected chi connectivity index (χ3v) is 3.49. The van der Waals surface area contributed by atoms with Crippen molar-refractivity contribution in [1.82, 2.24) is 5.32 Å². The molecule has 1 aliphatic rings. The van der Waals surface area contributed by atoms with Gasteiger partial charge >= 0.3 is 12.2 Å². The molecule has 2 atom stereocenters. The number of carbonyl (C=O) groups is 1. The van der Waals surface area contributed by atoms with Crippen LogP contribution in [0.4, 0.5) is 23.7 Å². The topological polar surface area (TPSA) is 61.4 Å². The zero-order valence-corrected chi connectivity index (χ0v) is 11.3. The summed E-state index contributed by atoms with van der Waals surface area (Å²) in [6.07, 6.45) is -1.95. The van der Waals surface area contributed by atoms with Crippen molar-refractivity contribution < 1.29 is 23.1 Å². The molecule has 3 N–H and O–H groups in total. The van der Waals surface area contributed by atoms with Crippen molar-refractivity contribution in [2.75, 3.05) is 5.32 Å². The molecule has 0 radical (unpaired) electrons. The van der Waals surface area contributed by atoms with E-state index in [2.05, 4.69) is 10.6 Å². The fraction of sp³-hybridized carbons (Fsp3) is 0.500. The number of alkyl halides is 3. The van der Waals surface area contributed by atoms with Crippen molar-refractivity contribution in [2.24, 2.45) is 0 Å². The van der Waals surface area contributed by atoms with Crippen molar-refractivity contribution in [3.63, 3.8) is 0 Å². The van der Waals surface area contributed by atoms with E-state index < -0.39 is 23.9 Å². The largest absolute Gasteiger partial charge is 0.416 e. The average Bonchev–Trinajstić information content (AvgIpc) is 2.41. The first-order chi connectivity index (χ1) is 9.86. The van der Waals surface area contributed by atoms with Gasteiger partial charge in [0.05, 0.1) is 17.7 Å². The first-order valence-electron chi connectivity index (χ1n) is 6.79. The lowest BCUT2D eigenvalue weighted by Crippen LogP contribution is -2.46. The van der Waals surface area contributed by atoms with Crippen LogP contribution in [0.1, 0.15) is 31.2 Å². The van der Waals surface area contributed by atoms with E-state index >= 15 is 0 Å². The quantitative estimate of drug-likeness (QED) is 0.786. The van der Waals surface area contributed by atoms with E-state index in [0.717, 1.165) is 25.0 Å². The number of benzene rings is 1. The van der Waals surface area contributed by atoms with E-state index in [1.165, 1.54) is 12.1 Å². The number of nitrogens with one attached hydrogen (secondary N) is 2. The Morgan fingerprint density at radius 1 is 1.24 bits per heavy atom. The molecular formula is C14H17F3N2O2. The Bertz CT molecular complexity index is 505. The zero-order chi connectivity index (χ0) is 15.5. The Labute approximate surface area is 120 Å². The maximum atomic E-state index is 12.6. The van der Waals surface area contributed by atoms with Gasteiger partial charge in [0.2, 0.25) is 0 Å². The molecule has 0 bridgehead atoms. The minimum atomic E-state index is -4.45. The maximum Gasteiger partial charge on any atom is 0.416 e. The van der Waals surface area contributed by atoms with Gasteiger partial charge in [0.15, 0.2) is 0 Å². The molecule has 2 amide bonds. The Kier molecular flexibility index (Phi) is 4.72. The van der Waals surface area contributed by atoms with Crippen LogP contribution in [0, 0.1) is 0 Å². The molecule has 0 aliphatic heterocycles. The first-order valence-corrected chi connectivity index (χ1v) is 6.79. The van der Waals surface area contributed by atoms with E-state index in [1.54, 1.807) is 0 Å². The third kappa shape index (κ3) is 4.35. The minimum Gasteiger partial charge on any atom is -0.391 e. The second-order valence-corrected chi connectivity index (χ2v) is 5.14. The highest BCUT2D eigenvalue weighted by atomic mass is 19.4. The number of hydrogen-bond acceptors (Lipinski definition) is 2. The summed E-state index contributed by atoms with van der Waals surface area (Å²) in [5.74, 6) is 0. The number of aliphatic hydroxyl groups is 1. The lowest BCUT2D eigenvalue weighted by Gasteiger charge is -2.28. The number of halogens is 3. The molecule has 21 heavy (non-hydrogen) atoms. The summed E-state index contributed by atoms with van der Waals surface area (Å²) in [4.78, 5) is 11.8. The normalized spacial score (nSPS) is 22.7. The van der Waals surface area contributed by atoms with Crippen molar-refractivity contribution in [3.05, 3.63) is 29.8 Å². The van der Waals surface area contributed by atoms with Gasteiger partial charge in [-0.05, 0) is 31.0 Å². The van der Waals surface area contributed by atoms with Crippen molar-refractivity contribution >= 4 is 11.7 Å². The van der Waals surface area contributed by atoms with Crippen LogP contribution >= 0.6 is 0 Å². The highest BCUT2D eigenvalue weighted by molar-refractivity contribution is 5.89. The van der Waals surface area contributed by atoms with Gasteiger partial charge in [0.1, 0.15) is 0 Å². The van der Waals surface area contributed by atoms with Gasteiger partial charge in [-0.3, -0.25) is 0 Å². The second kappa shape index (κ2) is 6.34. The number of anilines is 1. The maximum absolute atomic E-state index is 12.6. The number of urea groups is 1. The van der Waals surface area contributed by atoms with E-state index in [9.17, 15) is 23.1 Å². The molecule has 0 saturated heterocycles. The Hall–Kier alpha value is -1.76. The van der Waals surface area contributed by atoms with Gasteiger partial charge in [-0.15, -0.1) is 0 Å². The summed E-state index contributed by atoms with van der Waals surface area (Å²) in [5, 5.41) is 14.7. The number of aliphatic hydroxyl groups excluding tert-OH is 1. The molecule has 1 aromatic carbocycles. The molecule has 116 valence electrons. The van der Waals surface area contributed by atoms with Crippen LogP contribution in [0.2, 0.25) is 0 Å². The minimum absolute atomic E-state index is 0.0626. The predicted molar refractivity (Wildman–Crippen MR) is 71.9 cm³/mol. The standard InChI is InChI=1S/C14H17F3N2O2/c15-14(16,17)9-4-3-5-10(8-9)18-13(21)19-11-6-1-2-7-12(11)20/h3-5,8,11-12,20H,1-2,6-7H2,(H2,18,19,21). The Morgan fingerprint density at radius 2 is 1.95 bits per heavy atom. The summed E-state index contributed by atoms with van der Waals surface area (Å²) >= 11 is 0. The van der Waals surface area contributed by atoms with Gasteiger partial charge in [-0.25, -0.2) is 4.79 Å². The molecule has 1 fully saturated rings. The lowest BCUT2D eigenvalue weighted by atomic mass is 9.93. The molecule has 1 saturated carbocycles. The summed E-state index contributed by atoms with van der Waals surface area (Å²) in [5.41, 5.74) is -0.759. The van der Waals surface area contributed by atoms with E-state index in [1.807, 2.05) is 0 Å². The summed E-state index contributed by atoms with van der Waals surface area (Å²) in [7, 11) is 0. The molecular weight excluding hydrogens is 285 g/mol. The Balaban J connectivity index is 1.96. The average molecular weight is 302 g/mol. The Morgan fingerprint density at radius 3 is 2.62 bits per heavy atom. The molecule has 0 heterocycles. The summed E-state index contributed by atoms with van der Waals surface area (Å²) in [6, 6.07) is 3.45. The zero-order valence-electron chi connectivity index (χ0n) is 11.3. The summed E-state index contributed by atoms with van der Waals surface area (Å²) in [6.45, 7) is 0. The van der Waals surface area contributed by atoms with Crippen LogP contribution in [0.15, 0.2) is 24.3 Å². The lowest BCUT2D eigenvalue weighted by molar-refractivity contribution is -0.137. The number of carbonyl (C=O) groups excluding carboxylic acids is 1. The highest BCUT2D eigenvalue weighted by Crippen LogP contribution is 2.30. The molecule has 4 nitrogen and oxygen atoms in total. The smallest absolute Gasteiger partial charge is 0.391 e. The van der Waals surface area contributed by atoms with Gasteiger partial charge in [0.25, 0.3) is 0 Å². The predicted octanol–water partition coefficient (Wildman–Crippen LogP) is 3.13. The van der Waals surface area contributed by atoms with Crippen LogP contribution in [0.3, 0.4) is 0 Å². The summed E-state index contributed by atoms with van der Waals surface area (Å²) < 4.78 is 37.7. The molecule has 0 spiro atoms. The fourth-order valence-electron chi connectivity index (χ4n) is 2.39. The van der Waals surface area contributed by atoms with Crippen LogP contribution in [0.25, 0.3) is 0 Å². The van der Waals surface area contributed by atoms with E-state index in [-0.39, 0.29) is 11.7 Å². The van der Waals surface area contributed by atoms with E-state index in [4.69, 9.17) is 0 Å². The number of amides is 2. The SMILES string of the molecule is O=C(Nc1cccc(C(F)(F)F)c1)NC1CCCCC1O.